The van der Waals surface area contributed by atoms with E-state index in [1.54, 1.807) is 21.3 Å². The van der Waals surface area contributed by atoms with Gasteiger partial charge in [0.25, 0.3) is 0 Å². The molecule has 2 rings (SSSR count). The van der Waals surface area contributed by atoms with Crippen molar-refractivity contribution < 1.29 is 14.2 Å². The zero-order valence-corrected chi connectivity index (χ0v) is 13.9. The highest BCUT2D eigenvalue weighted by molar-refractivity contribution is 9.10. The van der Waals surface area contributed by atoms with Gasteiger partial charge in [-0.25, -0.2) is 0 Å². The maximum atomic E-state index is 5.55. The quantitative estimate of drug-likeness (QED) is 0.891. The topological polar surface area (TPSA) is 39.7 Å². The van der Waals surface area contributed by atoms with Crippen molar-refractivity contribution in [3.05, 3.63) is 16.1 Å². The smallest absolute Gasteiger partial charge is 0.178 e. The fourth-order valence-corrected chi connectivity index (χ4v) is 3.49. The van der Waals surface area contributed by atoms with Gasteiger partial charge in [0, 0.05) is 11.6 Å². The van der Waals surface area contributed by atoms with Crippen LogP contribution in [0.3, 0.4) is 0 Å². The molecule has 1 heterocycles. The number of methoxy groups -OCH3 is 3. The average Bonchev–Trinajstić information content (AvgIpc) is 2.48. The Bertz CT molecular complexity index is 459. The molecule has 1 aromatic rings. The first kappa shape index (κ1) is 15.4. The minimum atomic E-state index is 0.502. The van der Waals surface area contributed by atoms with Gasteiger partial charge in [0.2, 0.25) is 0 Å². The van der Waals surface area contributed by atoms with Crippen LogP contribution in [0.2, 0.25) is 0 Å². The highest BCUT2D eigenvalue weighted by atomic mass is 79.9. The normalized spacial score (nSPS) is 18.7. The van der Waals surface area contributed by atoms with Crippen molar-refractivity contribution in [1.29, 1.82) is 0 Å². The second-order valence-corrected chi connectivity index (χ2v) is 5.76. The fraction of sp³-hybridized carbons (Fsp3) is 0.600. The van der Waals surface area contributed by atoms with Crippen molar-refractivity contribution in [3.8, 4) is 17.2 Å². The van der Waals surface area contributed by atoms with E-state index in [2.05, 4.69) is 21.2 Å². The Morgan fingerprint density at radius 2 is 1.90 bits per heavy atom. The molecule has 0 radical (unpaired) electrons. The third kappa shape index (κ3) is 3.20. The molecular weight excluding hydrogens is 322 g/mol. The predicted octanol–water partition coefficient (Wildman–Crippen LogP) is 3.16. The van der Waals surface area contributed by atoms with Crippen LogP contribution in [-0.2, 0) is 6.42 Å². The number of halogens is 1. The largest absolute Gasteiger partial charge is 0.495 e. The van der Waals surface area contributed by atoms with E-state index in [-0.39, 0.29) is 0 Å². The summed E-state index contributed by atoms with van der Waals surface area (Å²) in [6, 6.07) is 2.52. The molecule has 0 aliphatic carbocycles. The number of hydrogen-bond acceptors (Lipinski definition) is 4. The van der Waals surface area contributed by atoms with Crippen LogP contribution in [0.1, 0.15) is 24.8 Å². The van der Waals surface area contributed by atoms with Crippen LogP contribution in [0.4, 0.5) is 0 Å². The van der Waals surface area contributed by atoms with E-state index >= 15 is 0 Å². The summed E-state index contributed by atoms with van der Waals surface area (Å²) in [6.45, 7) is 1.10. The van der Waals surface area contributed by atoms with E-state index in [0.29, 0.717) is 11.8 Å². The summed E-state index contributed by atoms with van der Waals surface area (Å²) in [6.07, 6.45) is 4.69. The molecule has 0 saturated carbocycles. The second-order valence-electron chi connectivity index (χ2n) is 4.97. The summed E-state index contributed by atoms with van der Waals surface area (Å²) in [5, 5.41) is 3.56. The van der Waals surface area contributed by atoms with E-state index in [1.807, 2.05) is 6.07 Å². The molecule has 1 atom stereocenters. The Morgan fingerprint density at radius 3 is 2.45 bits per heavy atom. The number of hydrogen-bond donors (Lipinski definition) is 1. The maximum absolute atomic E-state index is 5.55. The van der Waals surface area contributed by atoms with Crippen molar-refractivity contribution in [2.45, 2.75) is 31.7 Å². The standard InChI is InChI=1S/C15H22BrNO3/c1-18-12-9-10(8-11-6-4-5-7-17-11)14(19-2)13(16)15(12)20-3/h9,11,17H,4-8H2,1-3H3. The molecule has 112 valence electrons. The molecule has 1 fully saturated rings. The van der Waals surface area contributed by atoms with Crippen molar-refractivity contribution in [3.63, 3.8) is 0 Å². The number of rotatable bonds is 5. The summed E-state index contributed by atoms with van der Waals surface area (Å²) in [5.74, 6) is 2.23. The lowest BCUT2D eigenvalue weighted by Gasteiger charge is -2.25. The van der Waals surface area contributed by atoms with Crippen molar-refractivity contribution in [2.75, 3.05) is 27.9 Å². The van der Waals surface area contributed by atoms with E-state index in [1.165, 1.54) is 19.3 Å². The second kappa shape index (κ2) is 7.18. The van der Waals surface area contributed by atoms with Gasteiger partial charge in [-0.3, -0.25) is 0 Å². The van der Waals surface area contributed by atoms with Gasteiger partial charge in [0.15, 0.2) is 11.5 Å². The average molecular weight is 344 g/mol. The Morgan fingerprint density at radius 1 is 1.15 bits per heavy atom. The first-order valence-corrected chi connectivity index (χ1v) is 7.71. The first-order valence-electron chi connectivity index (χ1n) is 6.92. The van der Waals surface area contributed by atoms with Gasteiger partial charge in [0.05, 0.1) is 21.3 Å². The Kier molecular flexibility index (Phi) is 5.54. The Hall–Kier alpha value is -0.940. The molecular formula is C15H22BrNO3. The molecule has 5 heteroatoms. The van der Waals surface area contributed by atoms with Gasteiger partial charge in [0.1, 0.15) is 10.2 Å². The van der Waals surface area contributed by atoms with E-state index < -0.39 is 0 Å². The maximum Gasteiger partial charge on any atom is 0.178 e. The number of piperidine rings is 1. The van der Waals surface area contributed by atoms with Crippen LogP contribution in [0.15, 0.2) is 10.5 Å². The van der Waals surface area contributed by atoms with Crippen LogP contribution < -0.4 is 19.5 Å². The fourth-order valence-electron chi connectivity index (χ4n) is 2.72. The minimum absolute atomic E-state index is 0.502. The molecule has 1 unspecified atom stereocenters. The van der Waals surface area contributed by atoms with E-state index in [0.717, 1.165) is 34.5 Å². The molecule has 0 bridgehead atoms. The van der Waals surface area contributed by atoms with Crippen molar-refractivity contribution in [2.24, 2.45) is 0 Å². The van der Waals surface area contributed by atoms with Crippen molar-refractivity contribution in [1.82, 2.24) is 5.32 Å². The number of ether oxygens (including phenoxy) is 3. The molecule has 1 saturated heterocycles. The molecule has 0 amide bonds. The summed E-state index contributed by atoms with van der Waals surface area (Å²) >= 11 is 3.56. The summed E-state index contributed by atoms with van der Waals surface area (Å²) < 4.78 is 17.2. The lowest BCUT2D eigenvalue weighted by Crippen LogP contribution is -2.35. The molecule has 4 nitrogen and oxygen atoms in total. The van der Waals surface area contributed by atoms with Gasteiger partial charge < -0.3 is 19.5 Å². The van der Waals surface area contributed by atoms with Gasteiger partial charge in [-0.15, -0.1) is 0 Å². The molecule has 0 aromatic heterocycles. The Labute approximate surface area is 128 Å². The van der Waals surface area contributed by atoms with Gasteiger partial charge in [-0.05, 0) is 47.8 Å². The monoisotopic (exact) mass is 343 g/mol. The Balaban J connectivity index is 2.32. The summed E-state index contributed by atoms with van der Waals surface area (Å²) in [5.41, 5.74) is 1.14. The SMILES string of the molecule is COc1cc(CC2CCCCN2)c(OC)c(Br)c1OC. The predicted molar refractivity (Wildman–Crippen MR) is 83.1 cm³/mol. The van der Waals surface area contributed by atoms with Crippen LogP contribution in [0.5, 0.6) is 17.2 Å². The number of benzene rings is 1. The van der Waals surface area contributed by atoms with Gasteiger partial charge in [-0.1, -0.05) is 6.42 Å². The van der Waals surface area contributed by atoms with Gasteiger partial charge in [-0.2, -0.15) is 0 Å². The molecule has 20 heavy (non-hydrogen) atoms. The lowest BCUT2D eigenvalue weighted by molar-refractivity contribution is 0.341. The van der Waals surface area contributed by atoms with Crippen LogP contribution in [-0.4, -0.2) is 33.9 Å². The molecule has 1 aliphatic rings. The number of nitrogens with one attached hydrogen (secondary N) is 1. The van der Waals surface area contributed by atoms with Crippen molar-refractivity contribution >= 4 is 15.9 Å². The lowest BCUT2D eigenvalue weighted by atomic mass is 9.97. The summed E-state index contributed by atoms with van der Waals surface area (Å²) in [7, 11) is 4.97. The molecule has 1 N–H and O–H groups in total. The van der Waals surface area contributed by atoms with Crippen LogP contribution in [0.25, 0.3) is 0 Å². The van der Waals surface area contributed by atoms with Crippen LogP contribution >= 0.6 is 15.9 Å². The van der Waals surface area contributed by atoms with Crippen LogP contribution in [0, 0.1) is 0 Å². The highest BCUT2D eigenvalue weighted by Crippen LogP contribution is 2.44. The minimum Gasteiger partial charge on any atom is -0.495 e. The summed E-state index contributed by atoms with van der Waals surface area (Å²) in [4.78, 5) is 0. The third-order valence-electron chi connectivity index (χ3n) is 3.73. The van der Waals surface area contributed by atoms with E-state index in [4.69, 9.17) is 14.2 Å². The first-order chi connectivity index (χ1) is 9.71. The highest BCUT2D eigenvalue weighted by Gasteiger charge is 2.21. The zero-order chi connectivity index (χ0) is 14.5. The zero-order valence-electron chi connectivity index (χ0n) is 12.3. The van der Waals surface area contributed by atoms with Gasteiger partial charge >= 0.3 is 0 Å². The third-order valence-corrected chi connectivity index (χ3v) is 4.45. The molecule has 1 aromatic carbocycles. The van der Waals surface area contributed by atoms with E-state index in [9.17, 15) is 0 Å². The molecule has 0 spiro atoms. The molecule has 1 aliphatic heterocycles.